The molecule has 2 nitrogen and oxygen atoms in total. The summed E-state index contributed by atoms with van der Waals surface area (Å²) in [7, 11) is -2.77. The fraction of sp³-hybridized carbons (Fsp3) is 0.333. The maximum atomic E-state index is 11.8. The van der Waals surface area contributed by atoms with Crippen LogP contribution < -0.4 is 5.32 Å². The third kappa shape index (κ3) is 4.33. The molecule has 0 saturated heterocycles. The van der Waals surface area contributed by atoms with E-state index in [4.69, 9.17) is 0 Å². The van der Waals surface area contributed by atoms with E-state index in [9.17, 15) is 17.4 Å². The van der Waals surface area contributed by atoms with Crippen LogP contribution in [0.2, 0.25) is 0 Å². The van der Waals surface area contributed by atoms with Gasteiger partial charge in [-0.15, -0.1) is 0 Å². The summed E-state index contributed by atoms with van der Waals surface area (Å²) in [6.07, 6.45) is 0. The highest BCUT2D eigenvalue weighted by Gasteiger charge is 2.35. The molecular weight excluding hydrogens is 227 g/mol. The van der Waals surface area contributed by atoms with Crippen molar-refractivity contribution in [2.75, 3.05) is 17.6 Å². The quantitative estimate of drug-likeness (QED) is 0.871. The molecule has 0 radical (unpaired) electrons. The molecule has 1 aromatic carbocycles. The first-order valence-corrected chi connectivity index (χ1v) is 5.56. The predicted molar refractivity (Wildman–Crippen MR) is 54.0 cm³/mol. The van der Waals surface area contributed by atoms with Gasteiger partial charge >= 0.3 is 5.51 Å². The summed E-state index contributed by atoms with van der Waals surface area (Å²) in [4.78, 5) is 0. The summed E-state index contributed by atoms with van der Waals surface area (Å²) >= 11 is 0. The second kappa shape index (κ2) is 5.16. The lowest BCUT2D eigenvalue weighted by atomic mass is 10.3. The van der Waals surface area contributed by atoms with Gasteiger partial charge in [-0.1, -0.05) is 18.2 Å². The molecule has 15 heavy (non-hydrogen) atoms. The van der Waals surface area contributed by atoms with E-state index in [1.165, 1.54) is 0 Å². The Kier molecular flexibility index (Phi) is 4.14. The summed E-state index contributed by atoms with van der Waals surface area (Å²) in [5, 5.41) is 2.75. The Hall–Kier alpha value is -1.04. The van der Waals surface area contributed by atoms with Crippen molar-refractivity contribution in [3.05, 3.63) is 30.3 Å². The normalized spacial score (nSPS) is 13.5. The number of nitrogens with one attached hydrogen (secondary N) is 1. The molecule has 0 aliphatic carbocycles. The van der Waals surface area contributed by atoms with Crippen molar-refractivity contribution in [2.45, 2.75) is 5.51 Å². The highest BCUT2D eigenvalue weighted by atomic mass is 32.2. The fourth-order valence-electron chi connectivity index (χ4n) is 0.960. The van der Waals surface area contributed by atoms with Gasteiger partial charge in [0.05, 0.1) is 0 Å². The summed E-state index contributed by atoms with van der Waals surface area (Å²) < 4.78 is 46.1. The molecule has 0 fully saturated rings. The topological polar surface area (TPSA) is 29.1 Å². The fourth-order valence-corrected chi connectivity index (χ4v) is 1.48. The molecule has 1 unspecified atom stereocenters. The Labute approximate surface area is 87.9 Å². The van der Waals surface area contributed by atoms with Crippen molar-refractivity contribution < 1.29 is 17.4 Å². The number of para-hydroxylation sites is 1. The van der Waals surface area contributed by atoms with Crippen LogP contribution in [0.3, 0.4) is 0 Å². The Balaban J connectivity index is 2.32. The number of halogens is 3. The van der Waals surface area contributed by atoms with Crippen molar-refractivity contribution >= 4 is 16.5 Å². The minimum Gasteiger partial charge on any atom is -0.384 e. The third-order valence-electron chi connectivity index (χ3n) is 1.65. The Morgan fingerprint density at radius 2 is 1.80 bits per heavy atom. The summed E-state index contributed by atoms with van der Waals surface area (Å²) in [6.45, 7) is 0.0378. The highest BCUT2D eigenvalue weighted by Crippen LogP contribution is 2.19. The molecule has 0 saturated carbocycles. The van der Waals surface area contributed by atoms with Crippen LogP contribution in [0.5, 0.6) is 0 Å². The molecule has 0 heterocycles. The molecule has 1 N–H and O–H groups in total. The monoisotopic (exact) mass is 237 g/mol. The van der Waals surface area contributed by atoms with Gasteiger partial charge in [-0.05, 0) is 12.1 Å². The van der Waals surface area contributed by atoms with Crippen molar-refractivity contribution in [3.8, 4) is 0 Å². The van der Waals surface area contributed by atoms with Gasteiger partial charge in [0.25, 0.3) is 0 Å². The first-order chi connectivity index (χ1) is 7.00. The number of alkyl halides is 3. The predicted octanol–water partition coefficient (Wildman–Crippen LogP) is 2.37. The lowest BCUT2D eigenvalue weighted by Gasteiger charge is -2.07. The zero-order valence-electron chi connectivity index (χ0n) is 7.75. The van der Waals surface area contributed by atoms with Crippen LogP contribution in [0.1, 0.15) is 0 Å². The van der Waals surface area contributed by atoms with E-state index in [0.29, 0.717) is 0 Å². The van der Waals surface area contributed by atoms with E-state index in [1.807, 2.05) is 0 Å². The van der Waals surface area contributed by atoms with E-state index in [2.05, 4.69) is 5.32 Å². The zero-order chi connectivity index (χ0) is 11.3. The van der Waals surface area contributed by atoms with Gasteiger partial charge in [-0.3, -0.25) is 4.21 Å². The number of hydrogen-bond donors (Lipinski definition) is 1. The van der Waals surface area contributed by atoms with Gasteiger partial charge in [0.15, 0.2) is 0 Å². The van der Waals surface area contributed by atoms with E-state index in [-0.39, 0.29) is 6.54 Å². The van der Waals surface area contributed by atoms with Crippen LogP contribution in [0, 0.1) is 0 Å². The van der Waals surface area contributed by atoms with Crippen LogP contribution in [-0.2, 0) is 10.8 Å². The molecule has 0 spiro atoms. The van der Waals surface area contributed by atoms with Crippen LogP contribution in [0.25, 0.3) is 0 Å². The van der Waals surface area contributed by atoms with E-state index in [1.54, 1.807) is 30.3 Å². The minimum absolute atomic E-state index is 0.0378. The molecule has 6 heteroatoms. The van der Waals surface area contributed by atoms with Gasteiger partial charge in [0, 0.05) is 18.0 Å². The number of benzene rings is 1. The Morgan fingerprint density at radius 3 is 2.33 bits per heavy atom. The van der Waals surface area contributed by atoms with Gasteiger partial charge in [-0.25, -0.2) is 0 Å². The smallest absolute Gasteiger partial charge is 0.384 e. The maximum Gasteiger partial charge on any atom is 0.471 e. The van der Waals surface area contributed by atoms with Crippen molar-refractivity contribution in [2.24, 2.45) is 0 Å². The third-order valence-corrected chi connectivity index (χ3v) is 2.74. The molecule has 0 aliphatic heterocycles. The van der Waals surface area contributed by atoms with Crippen molar-refractivity contribution in [1.82, 2.24) is 0 Å². The molecule has 0 aromatic heterocycles. The van der Waals surface area contributed by atoms with E-state index in [0.717, 1.165) is 5.69 Å². The second-order valence-corrected chi connectivity index (χ2v) is 4.35. The van der Waals surface area contributed by atoms with Crippen molar-refractivity contribution in [1.29, 1.82) is 0 Å². The molecule has 84 valence electrons. The molecule has 0 bridgehead atoms. The van der Waals surface area contributed by atoms with Gasteiger partial charge < -0.3 is 5.32 Å². The molecule has 1 aromatic rings. The summed E-state index contributed by atoms with van der Waals surface area (Å²) in [5.41, 5.74) is -3.89. The van der Waals surface area contributed by atoms with Crippen LogP contribution in [0.4, 0.5) is 18.9 Å². The lowest BCUT2D eigenvalue weighted by molar-refractivity contribution is -0.0383. The molecular formula is C9H10F3NOS. The van der Waals surface area contributed by atoms with Crippen LogP contribution in [-0.4, -0.2) is 22.0 Å². The Morgan fingerprint density at radius 1 is 1.20 bits per heavy atom. The van der Waals surface area contributed by atoms with E-state index >= 15 is 0 Å². The molecule has 0 amide bonds. The molecule has 1 rings (SSSR count). The lowest BCUT2D eigenvalue weighted by Crippen LogP contribution is -2.23. The van der Waals surface area contributed by atoms with Gasteiger partial charge in [-0.2, -0.15) is 13.2 Å². The average molecular weight is 237 g/mol. The standard InChI is InChI=1S/C9H10F3NOS/c10-9(11,12)15(14)7-6-13-8-4-2-1-3-5-8/h1-5,13H,6-7H2. The van der Waals surface area contributed by atoms with Gasteiger partial charge in [0.2, 0.25) is 0 Å². The van der Waals surface area contributed by atoms with Crippen molar-refractivity contribution in [3.63, 3.8) is 0 Å². The van der Waals surface area contributed by atoms with E-state index < -0.39 is 22.1 Å². The minimum atomic E-state index is -4.61. The van der Waals surface area contributed by atoms with Crippen LogP contribution >= 0.6 is 0 Å². The SMILES string of the molecule is O=S(CCNc1ccccc1)C(F)(F)F. The largest absolute Gasteiger partial charge is 0.471 e. The molecule has 0 aliphatic rings. The zero-order valence-corrected chi connectivity index (χ0v) is 8.57. The maximum absolute atomic E-state index is 11.8. The first-order valence-electron chi connectivity index (χ1n) is 4.24. The van der Waals surface area contributed by atoms with Crippen LogP contribution in [0.15, 0.2) is 30.3 Å². The number of hydrogen-bond acceptors (Lipinski definition) is 2. The molecule has 1 atom stereocenters. The Bertz CT molecular complexity index is 326. The van der Waals surface area contributed by atoms with Gasteiger partial charge in [0.1, 0.15) is 10.8 Å². The second-order valence-electron chi connectivity index (χ2n) is 2.79. The summed E-state index contributed by atoms with van der Waals surface area (Å²) in [6, 6.07) is 8.80. The number of anilines is 1. The first kappa shape index (κ1) is 12.0. The summed E-state index contributed by atoms with van der Waals surface area (Å²) in [5.74, 6) is -0.432. The average Bonchev–Trinajstić information content (AvgIpc) is 2.18. The highest BCUT2D eigenvalue weighted by molar-refractivity contribution is 7.85. The number of rotatable bonds is 4.